The zero-order chi connectivity index (χ0) is 20.4. The van der Waals surface area contributed by atoms with Gasteiger partial charge in [-0.2, -0.15) is 0 Å². The van der Waals surface area contributed by atoms with Crippen molar-refractivity contribution in [1.82, 2.24) is 9.88 Å². The second-order valence-electron chi connectivity index (χ2n) is 8.01. The van der Waals surface area contributed by atoms with Crippen molar-refractivity contribution in [3.05, 3.63) is 65.5 Å². The van der Waals surface area contributed by atoms with E-state index in [-0.39, 0.29) is 18.2 Å². The molecule has 1 atom stereocenters. The number of nitrogens with zero attached hydrogens (tertiary/aromatic N) is 2. The van der Waals surface area contributed by atoms with Crippen LogP contribution in [-0.4, -0.2) is 34.8 Å². The first-order valence-corrected chi connectivity index (χ1v) is 10.4. The molecule has 1 aromatic heterocycles. The summed E-state index contributed by atoms with van der Waals surface area (Å²) < 4.78 is 5.96. The maximum absolute atomic E-state index is 11.6. The molecule has 3 aromatic rings. The number of aromatic nitrogens is 1. The molecule has 2 aromatic carbocycles. The number of likely N-dealkylation sites (tertiary alicyclic amines) is 1. The van der Waals surface area contributed by atoms with Crippen molar-refractivity contribution >= 4 is 18.2 Å². The highest BCUT2D eigenvalue weighted by atomic mass is 35.5. The minimum atomic E-state index is 0. The van der Waals surface area contributed by atoms with Gasteiger partial charge in [-0.25, -0.2) is 4.98 Å². The van der Waals surface area contributed by atoms with Gasteiger partial charge in [-0.15, -0.1) is 12.4 Å². The van der Waals surface area contributed by atoms with Crippen molar-refractivity contribution in [2.45, 2.75) is 46.1 Å². The molecule has 2 heterocycles. The van der Waals surface area contributed by atoms with E-state index in [2.05, 4.69) is 24.0 Å². The lowest BCUT2D eigenvalue weighted by molar-refractivity contribution is 0.101. The third-order valence-corrected chi connectivity index (χ3v) is 5.95. The second kappa shape index (κ2) is 9.59. The molecule has 1 aliphatic rings. The highest BCUT2D eigenvalue weighted by Gasteiger charge is 2.21. The first-order chi connectivity index (χ1) is 14.0. The summed E-state index contributed by atoms with van der Waals surface area (Å²) in [7, 11) is 0. The van der Waals surface area contributed by atoms with Gasteiger partial charge in [-0.05, 0) is 69.5 Å². The number of aryl methyl sites for hydroxylation is 1. The van der Waals surface area contributed by atoms with Crippen molar-refractivity contribution in [2.24, 2.45) is 0 Å². The molecule has 1 fully saturated rings. The van der Waals surface area contributed by atoms with E-state index in [9.17, 15) is 4.79 Å². The predicted molar refractivity (Wildman–Crippen MR) is 123 cm³/mol. The molecule has 4 nitrogen and oxygen atoms in total. The molecule has 0 N–H and O–H groups in total. The summed E-state index contributed by atoms with van der Waals surface area (Å²) in [5, 5.41) is 0. The van der Waals surface area contributed by atoms with E-state index in [1.807, 2.05) is 43.3 Å². The molecule has 0 spiro atoms. The Kier molecular flexibility index (Phi) is 7.11. The zero-order valence-electron chi connectivity index (χ0n) is 17.9. The third kappa shape index (κ3) is 4.82. The monoisotopic (exact) mass is 424 g/mol. The predicted octanol–water partition coefficient (Wildman–Crippen LogP) is 5.97. The summed E-state index contributed by atoms with van der Waals surface area (Å²) in [6.45, 7) is 8.13. The molecule has 5 heteroatoms. The number of oxazole rings is 1. The average molecular weight is 425 g/mol. The number of halogens is 1. The van der Waals surface area contributed by atoms with E-state index >= 15 is 0 Å². The minimum absolute atomic E-state index is 0. The van der Waals surface area contributed by atoms with Crippen LogP contribution in [0, 0.1) is 6.92 Å². The van der Waals surface area contributed by atoms with Gasteiger partial charge < -0.3 is 9.32 Å². The smallest absolute Gasteiger partial charge is 0.226 e. The van der Waals surface area contributed by atoms with Crippen LogP contribution in [-0.2, 0) is 6.42 Å². The Morgan fingerprint density at radius 3 is 2.53 bits per heavy atom. The first-order valence-electron chi connectivity index (χ1n) is 10.4. The van der Waals surface area contributed by atoms with E-state index in [0.717, 1.165) is 46.7 Å². The number of Topliss-reactive ketones (excluding diaryl/α,β-unsaturated/α-hetero) is 1. The van der Waals surface area contributed by atoms with Crippen molar-refractivity contribution < 1.29 is 9.21 Å². The maximum atomic E-state index is 11.6. The molecule has 1 saturated heterocycles. The summed E-state index contributed by atoms with van der Waals surface area (Å²) in [4.78, 5) is 18.9. The number of ketones is 1. The fourth-order valence-electron chi connectivity index (χ4n) is 4.08. The molecule has 0 saturated carbocycles. The highest BCUT2D eigenvalue weighted by molar-refractivity contribution is 5.95. The van der Waals surface area contributed by atoms with E-state index in [0.29, 0.717) is 11.9 Å². The van der Waals surface area contributed by atoms with Crippen LogP contribution in [0.1, 0.15) is 48.5 Å². The normalized spacial score (nSPS) is 16.4. The van der Waals surface area contributed by atoms with Gasteiger partial charge in [-0.1, -0.05) is 30.3 Å². The number of benzene rings is 2. The fourth-order valence-corrected chi connectivity index (χ4v) is 4.08. The summed E-state index contributed by atoms with van der Waals surface area (Å²) in [6.07, 6.45) is 3.52. The molecule has 0 amide bonds. The molecule has 1 aliphatic heterocycles. The van der Waals surface area contributed by atoms with Crippen molar-refractivity contribution in [3.8, 4) is 22.6 Å². The van der Waals surface area contributed by atoms with E-state index < -0.39 is 0 Å². The molecular weight excluding hydrogens is 396 g/mol. The molecule has 0 bridgehead atoms. The van der Waals surface area contributed by atoms with E-state index in [1.165, 1.54) is 19.4 Å². The summed E-state index contributed by atoms with van der Waals surface area (Å²) in [5.41, 5.74) is 4.86. The lowest BCUT2D eigenvalue weighted by atomic mass is 10.0. The molecule has 4 rings (SSSR count). The topological polar surface area (TPSA) is 46.3 Å². The van der Waals surface area contributed by atoms with Crippen LogP contribution >= 0.6 is 12.4 Å². The van der Waals surface area contributed by atoms with Crippen LogP contribution in [0.5, 0.6) is 0 Å². The van der Waals surface area contributed by atoms with Gasteiger partial charge in [-0.3, -0.25) is 4.79 Å². The lowest BCUT2D eigenvalue weighted by Gasteiger charge is -2.20. The van der Waals surface area contributed by atoms with Gasteiger partial charge in [0.15, 0.2) is 5.78 Å². The third-order valence-electron chi connectivity index (χ3n) is 5.95. The van der Waals surface area contributed by atoms with Crippen molar-refractivity contribution in [3.63, 3.8) is 0 Å². The van der Waals surface area contributed by atoms with Crippen LogP contribution < -0.4 is 0 Å². The summed E-state index contributed by atoms with van der Waals surface area (Å²) >= 11 is 0. The van der Waals surface area contributed by atoms with Gasteiger partial charge in [0.25, 0.3) is 0 Å². The van der Waals surface area contributed by atoms with Gasteiger partial charge in [0.05, 0.1) is 5.69 Å². The number of rotatable bonds is 6. The largest absolute Gasteiger partial charge is 0.441 e. The van der Waals surface area contributed by atoms with Crippen LogP contribution in [0.2, 0.25) is 0 Å². The quantitative estimate of drug-likeness (QED) is 0.457. The maximum Gasteiger partial charge on any atom is 0.226 e. The van der Waals surface area contributed by atoms with Crippen LogP contribution in [0.25, 0.3) is 22.6 Å². The Labute approximate surface area is 184 Å². The lowest BCUT2D eigenvalue weighted by Crippen LogP contribution is -2.29. The van der Waals surface area contributed by atoms with Crippen molar-refractivity contribution in [2.75, 3.05) is 13.1 Å². The van der Waals surface area contributed by atoms with E-state index in [1.54, 1.807) is 6.92 Å². The Morgan fingerprint density at radius 1 is 1.13 bits per heavy atom. The zero-order valence-corrected chi connectivity index (χ0v) is 18.7. The SMILES string of the molecule is CC(=O)c1cccc(-c2ccc(-c3nc(CCN4CCC[C@H]4C)c(C)o3)cc2)c1.Cl. The van der Waals surface area contributed by atoms with Crippen molar-refractivity contribution in [1.29, 1.82) is 0 Å². The van der Waals surface area contributed by atoms with Gasteiger partial charge in [0.2, 0.25) is 5.89 Å². The van der Waals surface area contributed by atoms with Crippen LogP contribution in [0.4, 0.5) is 0 Å². The van der Waals surface area contributed by atoms with Gasteiger partial charge in [0.1, 0.15) is 5.76 Å². The molecule has 0 unspecified atom stereocenters. The van der Waals surface area contributed by atoms with Gasteiger partial charge >= 0.3 is 0 Å². The van der Waals surface area contributed by atoms with Crippen LogP contribution in [0.3, 0.4) is 0 Å². The first kappa shape index (κ1) is 22.3. The molecule has 0 radical (unpaired) electrons. The minimum Gasteiger partial charge on any atom is -0.441 e. The average Bonchev–Trinajstić information content (AvgIpc) is 3.31. The number of carbonyl (C=O) groups is 1. The standard InChI is InChI=1S/C25H28N2O2.ClH/c1-17-6-5-14-27(17)15-13-24-19(3)29-25(26-24)21-11-9-20(10-12-21)23-8-4-7-22(16-23)18(2)28;/h4,7-12,16-17H,5-6,13-15H2,1-3H3;1H/t17-;/m1./s1. The Balaban J connectivity index is 0.00000256. The number of carbonyl (C=O) groups excluding carboxylic acids is 1. The summed E-state index contributed by atoms with van der Waals surface area (Å²) in [5.74, 6) is 1.66. The Morgan fingerprint density at radius 2 is 1.87 bits per heavy atom. The Hall–Kier alpha value is -2.43. The Bertz CT molecular complexity index is 1010. The van der Waals surface area contributed by atoms with Crippen LogP contribution in [0.15, 0.2) is 52.9 Å². The summed E-state index contributed by atoms with van der Waals surface area (Å²) in [6, 6.07) is 16.6. The van der Waals surface area contributed by atoms with Gasteiger partial charge in [0, 0.05) is 30.1 Å². The second-order valence-corrected chi connectivity index (χ2v) is 8.01. The number of hydrogen-bond acceptors (Lipinski definition) is 4. The number of hydrogen-bond donors (Lipinski definition) is 0. The molecule has 30 heavy (non-hydrogen) atoms. The molecule has 158 valence electrons. The molecule has 0 aliphatic carbocycles. The highest BCUT2D eigenvalue weighted by Crippen LogP contribution is 2.27. The molecular formula is C25H29ClN2O2. The fraction of sp³-hybridized carbons (Fsp3) is 0.360. The van der Waals surface area contributed by atoms with E-state index in [4.69, 9.17) is 9.40 Å².